The second kappa shape index (κ2) is 6.73. The van der Waals surface area contributed by atoms with E-state index in [-0.39, 0.29) is 5.91 Å². The van der Waals surface area contributed by atoms with Gasteiger partial charge in [0.05, 0.1) is 10.2 Å². The Bertz CT molecular complexity index is 1080. The van der Waals surface area contributed by atoms with Gasteiger partial charge in [-0.15, -0.1) is 11.3 Å². The summed E-state index contributed by atoms with van der Waals surface area (Å²) in [5, 5.41) is 4.02. The number of fused-ring (bicyclic) bond motifs is 1. The fourth-order valence-electron chi connectivity index (χ4n) is 3.01. The number of aryl methyl sites for hydroxylation is 1. The molecule has 0 spiro atoms. The highest BCUT2D eigenvalue weighted by atomic mass is 32.1. The Labute approximate surface area is 156 Å². The van der Waals surface area contributed by atoms with Gasteiger partial charge in [-0.05, 0) is 49.2 Å². The summed E-state index contributed by atoms with van der Waals surface area (Å²) in [6.07, 6.45) is 0. The summed E-state index contributed by atoms with van der Waals surface area (Å²) in [6.45, 7) is 3.97. The smallest absolute Gasteiger partial charge is 0.255 e. The number of carbonyl (C=O) groups is 1. The predicted octanol–water partition coefficient (Wildman–Crippen LogP) is 5.83. The molecule has 0 saturated carbocycles. The maximum atomic E-state index is 12.7. The molecule has 0 aliphatic rings. The van der Waals surface area contributed by atoms with Gasteiger partial charge in [-0.3, -0.25) is 4.79 Å². The van der Waals surface area contributed by atoms with Crippen molar-refractivity contribution < 1.29 is 4.79 Å². The number of hydrogen-bond acceptors (Lipinski definition) is 3. The first kappa shape index (κ1) is 16.5. The molecule has 0 unspecified atom stereocenters. The second-order valence-corrected chi connectivity index (χ2v) is 7.26. The average Bonchev–Trinajstić information content (AvgIpc) is 3.07. The number of rotatable bonds is 3. The van der Waals surface area contributed by atoms with Crippen LogP contribution in [0.3, 0.4) is 0 Å². The number of aromatic nitrogens is 1. The van der Waals surface area contributed by atoms with E-state index < -0.39 is 0 Å². The molecule has 0 saturated heterocycles. The highest BCUT2D eigenvalue weighted by molar-refractivity contribution is 7.21. The quantitative estimate of drug-likeness (QED) is 0.500. The Morgan fingerprint density at radius 3 is 2.50 bits per heavy atom. The lowest BCUT2D eigenvalue weighted by molar-refractivity contribution is 0.102. The van der Waals surface area contributed by atoms with Crippen LogP contribution in [0.4, 0.5) is 5.69 Å². The molecule has 1 amide bonds. The molecule has 26 heavy (non-hydrogen) atoms. The zero-order valence-electron chi connectivity index (χ0n) is 14.6. The van der Waals surface area contributed by atoms with E-state index in [0.717, 1.165) is 37.6 Å². The Balaban J connectivity index is 1.70. The summed E-state index contributed by atoms with van der Waals surface area (Å²) in [6, 6.07) is 21.7. The minimum Gasteiger partial charge on any atom is -0.322 e. The van der Waals surface area contributed by atoms with Crippen LogP contribution in [0.1, 0.15) is 21.5 Å². The molecule has 128 valence electrons. The van der Waals surface area contributed by atoms with Crippen molar-refractivity contribution in [3.05, 3.63) is 83.4 Å². The summed E-state index contributed by atoms with van der Waals surface area (Å²) in [5.41, 5.74) is 5.54. The number of para-hydroxylation sites is 1. The molecule has 0 radical (unpaired) electrons. The summed E-state index contributed by atoms with van der Waals surface area (Å²) < 4.78 is 1.16. The zero-order valence-corrected chi connectivity index (χ0v) is 15.4. The molecule has 4 aromatic rings. The van der Waals surface area contributed by atoms with Gasteiger partial charge >= 0.3 is 0 Å². The number of amides is 1. The largest absolute Gasteiger partial charge is 0.322 e. The van der Waals surface area contributed by atoms with Gasteiger partial charge in [0, 0.05) is 16.8 Å². The highest BCUT2D eigenvalue weighted by Gasteiger charge is 2.14. The van der Waals surface area contributed by atoms with E-state index in [0.29, 0.717) is 5.56 Å². The van der Waals surface area contributed by atoms with E-state index >= 15 is 0 Å². The number of anilines is 1. The van der Waals surface area contributed by atoms with Crippen LogP contribution in [0, 0.1) is 13.8 Å². The third-order valence-electron chi connectivity index (χ3n) is 4.50. The van der Waals surface area contributed by atoms with Crippen LogP contribution >= 0.6 is 11.3 Å². The Kier molecular flexibility index (Phi) is 4.27. The van der Waals surface area contributed by atoms with E-state index in [1.165, 1.54) is 0 Å². The first-order valence-electron chi connectivity index (χ1n) is 8.46. The van der Waals surface area contributed by atoms with E-state index in [9.17, 15) is 4.79 Å². The van der Waals surface area contributed by atoms with E-state index in [1.54, 1.807) is 11.3 Å². The van der Waals surface area contributed by atoms with Crippen molar-refractivity contribution in [2.75, 3.05) is 5.32 Å². The van der Waals surface area contributed by atoms with Crippen LogP contribution in [0.2, 0.25) is 0 Å². The summed E-state index contributed by atoms with van der Waals surface area (Å²) >= 11 is 1.67. The van der Waals surface area contributed by atoms with Gasteiger partial charge in [0.15, 0.2) is 0 Å². The Hall–Kier alpha value is -2.98. The number of nitrogens with one attached hydrogen (secondary N) is 1. The van der Waals surface area contributed by atoms with Gasteiger partial charge < -0.3 is 5.32 Å². The Morgan fingerprint density at radius 1 is 0.923 bits per heavy atom. The van der Waals surface area contributed by atoms with Crippen molar-refractivity contribution in [2.45, 2.75) is 13.8 Å². The van der Waals surface area contributed by atoms with Crippen LogP contribution in [0.15, 0.2) is 66.7 Å². The molecule has 0 fully saturated rings. The van der Waals surface area contributed by atoms with Gasteiger partial charge in [0.2, 0.25) is 0 Å². The average molecular weight is 358 g/mol. The molecule has 1 heterocycles. The third kappa shape index (κ3) is 3.00. The molecule has 0 aliphatic heterocycles. The van der Waals surface area contributed by atoms with Crippen molar-refractivity contribution in [3.8, 4) is 10.6 Å². The van der Waals surface area contributed by atoms with Crippen LogP contribution in [-0.4, -0.2) is 10.9 Å². The van der Waals surface area contributed by atoms with Crippen LogP contribution in [-0.2, 0) is 0 Å². The number of thiazole rings is 1. The number of carbonyl (C=O) groups excluding carboxylic acids is 1. The minimum atomic E-state index is -0.0901. The molecule has 0 bridgehead atoms. The zero-order chi connectivity index (χ0) is 18.1. The van der Waals surface area contributed by atoms with E-state index in [2.05, 4.69) is 17.4 Å². The fraction of sp³-hybridized carbons (Fsp3) is 0.0909. The van der Waals surface area contributed by atoms with Crippen LogP contribution in [0.25, 0.3) is 20.8 Å². The van der Waals surface area contributed by atoms with Gasteiger partial charge in [0.1, 0.15) is 5.01 Å². The lowest BCUT2D eigenvalue weighted by Crippen LogP contribution is -2.14. The normalized spacial score (nSPS) is 10.8. The predicted molar refractivity (Wildman–Crippen MR) is 109 cm³/mol. The molecule has 1 N–H and O–H groups in total. The fourth-order valence-corrected chi connectivity index (χ4v) is 4.06. The standard InChI is InChI=1S/C22H18N2OS/c1-14-8-3-4-9-16(14)21(25)23-18-12-7-10-17(15(18)2)22-24-19-11-5-6-13-20(19)26-22/h3-13H,1-2H3,(H,23,25). The first-order valence-corrected chi connectivity index (χ1v) is 9.27. The molecule has 4 rings (SSSR count). The van der Waals surface area contributed by atoms with Gasteiger partial charge in [0.25, 0.3) is 5.91 Å². The molecule has 0 atom stereocenters. The van der Waals surface area contributed by atoms with Gasteiger partial charge in [-0.2, -0.15) is 0 Å². The molecular weight excluding hydrogens is 340 g/mol. The van der Waals surface area contributed by atoms with E-state index in [4.69, 9.17) is 4.98 Å². The van der Waals surface area contributed by atoms with Crippen molar-refractivity contribution in [1.29, 1.82) is 0 Å². The van der Waals surface area contributed by atoms with Gasteiger partial charge in [-0.1, -0.05) is 42.5 Å². The van der Waals surface area contributed by atoms with Crippen molar-refractivity contribution in [3.63, 3.8) is 0 Å². The summed E-state index contributed by atoms with van der Waals surface area (Å²) in [4.78, 5) is 17.4. The monoisotopic (exact) mass is 358 g/mol. The third-order valence-corrected chi connectivity index (χ3v) is 5.57. The van der Waals surface area contributed by atoms with Crippen LogP contribution in [0.5, 0.6) is 0 Å². The molecule has 4 heteroatoms. The topological polar surface area (TPSA) is 42.0 Å². The number of nitrogens with zero attached hydrogens (tertiary/aromatic N) is 1. The molecular formula is C22H18N2OS. The summed E-state index contributed by atoms with van der Waals surface area (Å²) in [5.74, 6) is -0.0901. The van der Waals surface area contributed by atoms with Crippen molar-refractivity contribution in [1.82, 2.24) is 4.98 Å². The number of hydrogen-bond donors (Lipinski definition) is 1. The first-order chi connectivity index (χ1) is 12.6. The van der Waals surface area contributed by atoms with Gasteiger partial charge in [-0.25, -0.2) is 4.98 Å². The van der Waals surface area contributed by atoms with Crippen molar-refractivity contribution >= 4 is 33.1 Å². The molecule has 3 nitrogen and oxygen atoms in total. The lowest BCUT2D eigenvalue weighted by atomic mass is 10.1. The highest BCUT2D eigenvalue weighted by Crippen LogP contribution is 2.34. The van der Waals surface area contributed by atoms with E-state index in [1.807, 2.05) is 68.4 Å². The number of benzene rings is 3. The molecule has 3 aromatic carbocycles. The molecule has 1 aromatic heterocycles. The lowest BCUT2D eigenvalue weighted by Gasteiger charge is -2.12. The molecule has 0 aliphatic carbocycles. The maximum Gasteiger partial charge on any atom is 0.255 e. The summed E-state index contributed by atoms with van der Waals surface area (Å²) in [7, 11) is 0. The Morgan fingerprint density at radius 2 is 1.69 bits per heavy atom. The SMILES string of the molecule is Cc1ccccc1C(=O)Nc1cccc(-c2nc3ccccc3s2)c1C. The second-order valence-electron chi connectivity index (χ2n) is 6.23. The van der Waals surface area contributed by atoms with Crippen LogP contribution < -0.4 is 5.32 Å². The van der Waals surface area contributed by atoms with Crippen molar-refractivity contribution in [2.24, 2.45) is 0 Å². The minimum absolute atomic E-state index is 0.0901. The maximum absolute atomic E-state index is 12.7.